The number of amidine groups is 1. The van der Waals surface area contributed by atoms with Crippen LogP contribution in [-0.4, -0.2) is 18.2 Å². The molecule has 0 saturated carbocycles. The van der Waals surface area contributed by atoms with Gasteiger partial charge in [-0.3, -0.25) is 4.99 Å². The average molecular weight is 222 g/mol. The molecule has 1 unspecified atom stereocenters. The third-order valence-corrected chi connectivity index (χ3v) is 3.09. The maximum atomic E-state index is 11.4. The Kier molecular flexibility index (Phi) is 2.64. The van der Waals surface area contributed by atoms with Gasteiger partial charge in [0.25, 0.3) is 0 Å². The van der Waals surface area contributed by atoms with Gasteiger partial charge in [-0.2, -0.15) is 0 Å². The molecule has 15 heavy (non-hydrogen) atoms. The van der Waals surface area contributed by atoms with Crippen molar-refractivity contribution in [3.8, 4) is 0 Å². The van der Waals surface area contributed by atoms with Gasteiger partial charge in [0.15, 0.2) is 10.6 Å². The zero-order chi connectivity index (χ0) is 10.8. The molecule has 0 bridgehead atoms. The zero-order valence-corrected chi connectivity index (χ0v) is 8.95. The van der Waals surface area contributed by atoms with Crippen LogP contribution in [0.1, 0.15) is 21.4 Å². The molecule has 0 saturated heterocycles. The molecule has 1 aromatic rings. The van der Waals surface area contributed by atoms with Gasteiger partial charge in [0.05, 0.1) is 5.56 Å². The summed E-state index contributed by atoms with van der Waals surface area (Å²) in [5, 5.41) is 0.407. The average Bonchev–Trinajstić information content (AvgIpc) is 2.57. The molecule has 1 atom stereocenters. The van der Waals surface area contributed by atoms with Crippen molar-refractivity contribution in [2.24, 2.45) is 10.7 Å². The third kappa shape index (κ3) is 1.83. The fourth-order valence-corrected chi connectivity index (χ4v) is 2.16. The van der Waals surface area contributed by atoms with Gasteiger partial charge in [-0.05, 0) is 17.8 Å². The number of ether oxygens (including phenoxy) is 1. The molecule has 1 aromatic carbocycles. The Labute approximate surface area is 91.5 Å². The first-order valence-corrected chi connectivity index (χ1v) is 5.29. The molecule has 4 nitrogen and oxygen atoms in total. The minimum atomic E-state index is -0.364. The number of aliphatic imine (C=N–C) groups is 1. The number of hydrogen-bond donors (Lipinski definition) is 1. The van der Waals surface area contributed by atoms with Crippen LogP contribution >= 0.6 is 11.8 Å². The second-order valence-electron chi connectivity index (χ2n) is 3.00. The van der Waals surface area contributed by atoms with Crippen molar-refractivity contribution >= 4 is 22.9 Å². The van der Waals surface area contributed by atoms with E-state index in [1.54, 1.807) is 13.1 Å². The largest absolute Gasteiger partial charge is 0.442 e. The van der Waals surface area contributed by atoms with E-state index in [0.717, 1.165) is 5.56 Å². The highest BCUT2D eigenvalue weighted by Gasteiger charge is 2.31. The zero-order valence-electron chi connectivity index (χ0n) is 8.14. The molecule has 1 aliphatic rings. The van der Waals surface area contributed by atoms with Crippen LogP contribution < -0.4 is 5.73 Å². The summed E-state index contributed by atoms with van der Waals surface area (Å²) >= 11 is 1.24. The van der Waals surface area contributed by atoms with Gasteiger partial charge >= 0.3 is 5.97 Å². The standard InChI is InChI=1S/C10H10N2O2S/c1-12-10(11)15-9-7-5-3-2-4-6(7)8(13)14-9/h2-5,9H,1H3,(H2,11,12). The van der Waals surface area contributed by atoms with Crippen LogP contribution in [0.25, 0.3) is 0 Å². The van der Waals surface area contributed by atoms with E-state index in [4.69, 9.17) is 10.5 Å². The van der Waals surface area contributed by atoms with Crippen LogP contribution in [-0.2, 0) is 4.74 Å². The van der Waals surface area contributed by atoms with Crippen molar-refractivity contribution in [2.75, 3.05) is 7.05 Å². The molecular weight excluding hydrogens is 212 g/mol. The molecule has 5 heteroatoms. The summed E-state index contributed by atoms with van der Waals surface area (Å²) in [5.74, 6) is -0.299. The van der Waals surface area contributed by atoms with Crippen LogP contribution in [0, 0.1) is 0 Å². The summed E-state index contributed by atoms with van der Waals surface area (Å²) in [5.41, 5.74) is 6.68. The lowest BCUT2D eigenvalue weighted by molar-refractivity contribution is 0.0523. The van der Waals surface area contributed by atoms with E-state index in [1.807, 2.05) is 18.2 Å². The molecule has 0 spiro atoms. The number of hydrogen-bond acceptors (Lipinski definition) is 4. The molecule has 78 valence electrons. The molecular formula is C10H10N2O2S. The van der Waals surface area contributed by atoms with Crippen molar-refractivity contribution in [3.63, 3.8) is 0 Å². The maximum Gasteiger partial charge on any atom is 0.340 e. The number of esters is 1. The Morgan fingerprint density at radius 2 is 2.27 bits per heavy atom. The van der Waals surface area contributed by atoms with Gasteiger partial charge in [-0.25, -0.2) is 4.79 Å². The summed E-state index contributed by atoms with van der Waals surface area (Å²) in [6.07, 6.45) is 0. The summed E-state index contributed by atoms with van der Waals surface area (Å²) in [7, 11) is 1.60. The van der Waals surface area contributed by atoms with Crippen LogP contribution in [0.2, 0.25) is 0 Å². The summed E-state index contributed by atoms with van der Waals surface area (Å²) in [6, 6.07) is 7.29. The van der Waals surface area contributed by atoms with Gasteiger partial charge in [0.1, 0.15) is 0 Å². The van der Waals surface area contributed by atoms with Gasteiger partial charge in [-0.15, -0.1) is 0 Å². The van der Waals surface area contributed by atoms with E-state index in [2.05, 4.69) is 4.99 Å². The predicted octanol–water partition coefficient (Wildman–Crippen LogP) is 1.53. The summed E-state index contributed by atoms with van der Waals surface area (Å²) in [4.78, 5) is 15.2. The lowest BCUT2D eigenvalue weighted by Gasteiger charge is -2.08. The van der Waals surface area contributed by atoms with Gasteiger partial charge in [0, 0.05) is 12.6 Å². The normalized spacial score (nSPS) is 19.9. The van der Waals surface area contributed by atoms with Crippen LogP contribution in [0.4, 0.5) is 0 Å². The predicted molar refractivity (Wildman–Crippen MR) is 59.7 cm³/mol. The molecule has 0 aromatic heterocycles. The fourth-order valence-electron chi connectivity index (χ4n) is 1.36. The highest BCUT2D eigenvalue weighted by Crippen LogP contribution is 2.38. The lowest BCUT2D eigenvalue weighted by atomic mass is 10.1. The van der Waals surface area contributed by atoms with E-state index < -0.39 is 0 Å². The monoisotopic (exact) mass is 222 g/mol. The van der Waals surface area contributed by atoms with E-state index in [1.165, 1.54) is 11.8 Å². The van der Waals surface area contributed by atoms with Crippen LogP contribution in [0.5, 0.6) is 0 Å². The van der Waals surface area contributed by atoms with E-state index in [0.29, 0.717) is 10.7 Å². The molecule has 2 N–H and O–H groups in total. The van der Waals surface area contributed by atoms with Crippen molar-refractivity contribution in [1.82, 2.24) is 0 Å². The lowest BCUT2D eigenvalue weighted by Crippen LogP contribution is -2.09. The van der Waals surface area contributed by atoms with Gasteiger partial charge in [-0.1, -0.05) is 18.2 Å². The minimum absolute atomic E-state index is 0.299. The quantitative estimate of drug-likeness (QED) is 0.444. The van der Waals surface area contributed by atoms with E-state index in [-0.39, 0.29) is 11.4 Å². The smallest absolute Gasteiger partial charge is 0.340 e. The topological polar surface area (TPSA) is 64.7 Å². The van der Waals surface area contributed by atoms with Crippen molar-refractivity contribution in [2.45, 2.75) is 5.44 Å². The fraction of sp³-hybridized carbons (Fsp3) is 0.200. The summed E-state index contributed by atoms with van der Waals surface area (Å²) < 4.78 is 5.17. The van der Waals surface area contributed by atoms with E-state index >= 15 is 0 Å². The van der Waals surface area contributed by atoms with E-state index in [9.17, 15) is 4.79 Å². The number of fused-ring (bicyclic) bond motifs is 1. The number of rotatable bonds is 1. The van der Waals surface area contributed by atoms with Crippen LogP contribution in [0.15, 0.2) is 29.3 Å². The number of nitrogens with zero attached hydrogens (tertiary/aromatic N) is 1. The molecule has 1 heterocycles. The Morgan fingerprint density at radius 3 is 3.00 bits per heavy atom. The summed E-state index contributed by atoms with van der Waals surface area (Å²) in [6.45, 7) is 0. The number of benzene rings is 1. The van der Waals surface area contributed by atoms with Gasteiger partial charge in [0.2, 0.25) is 0 Å². The van der Waals surface area contributed by atoms with Crippen LogP contribution in [0.3, 0.4) is 0 Å². The molecule has 0 amide bonds. The number of carbonyl (C=O) groups excluding carboxylic acids is 1. The second-order valence-corrected chi connectivity index (χ2v) is 4.09. The molecule has 2 rings (SSSR count). The maximum absolute atomic E-state index is 11.4. The number of cyclic esters (lactones) is 1. The Hall–Kier alpha value is -1.49. The number of carbonyl (C=O) groups is 1. The van der Waals surface area contributed by atoms with Crippen molar-refractivity contribution in [3.05, 3.63) is 35.4 Å². The minimum Gasteiger partial charge on any atom is -0.442 e. The first kappa shape index (κ1) is 10.0. The Bertz CT molecular complexity index is 431. The first-order valence-electron chi connectivity index (χ1n) is 4.41. The molecule has 0 radical (unpaired) electrons. The molecule has 0 fully saturated rings. The highest BCUT2D eigenvalue weighted by molar-refractivity contribution is 8.13. The second kappa shape index (κ2) is 3.94. The number of nitrogens with two attached hydrogens (primary N) is 1. The Balaban J connectivity index is 2.29. The highest BCUT2D eigenvalue weighted by atomic mass is 32.2. The van der Waals surface area contributed by atoms with Crippen molar-refractivity contribution in [1.29, 1.82) is 0 Å². The SMILES string of the molecule is CN=C(N)SC1OC(=O)c2ccccc21. The third-order valence-electron chi connectivity index (χ3n) is 2.10. The Morgan fingerprint density at radius 1 is 1.53 bits per heavy atom. The molecule has 0 aliphatic carbocycles. The number of thioether (sulfide) groups is 1. The van der Waals surface area contributed by atoms with Gasteiger partial charge < -0.3 is 10.5 Å². The molecule has 1 aliphatic heterocycles. The first-order chi connectivity index (χ1) is 7.22. The van der Waals surface area contributed by atoms with Crippen molar-refractivity contribution < 1.29 is 9.53 Å².